The number of nitrogens with one attached hydrogen (secondary N) is 1. The molecule has 4 heterocycles. The molecule has 0 unspecified atom stereocenters. The molecule has 4 aromatic rings. The van der Waals surface area contributed by atoms with Gasteiger partial charge in [-0.1, -0.05) is 6.08 Å². The smallest absolute Gasteiger partial charge is 0.140 e. The Hall–Kier alpha value is -2.62. The van der Waals surface area contributed by atoms with Gasteiger partial charge in [0.25, 0.3) is 0 Å². The van der Waals surface area contributed by atoms with Crippen molar-refractivity contribution in [2.24, 2.45) is 12.0 Å². The van der Waals surface area contributed by atoms with Crippen LogP contribution in [-0.4, -0.2) is 21.1 Å². The molecule has 0 bridgehead atoms. The molecule has 0 aliphatic carbocycles. The number of H-pyrrole nitrogens is 1. The molecule has 0 saturated heterocycles. The zero-order valence-electron chi connectivity index (χ0n) is 11.7. The van der Waals surface area contributed by atoms with E-state index in [1.165, 1.54) is 27.2 Å². The number of rotatable bonds is 0. The van der Waals surface area contributed by atoms with E-state index in [1.807, 2.05) is 12.3 Å². The van der Waals surface area contributed by atoms with Crippen LogP contribution < -0.4 is 10.7 Å². The molecule has 1 aromatic carbocycles. The van der Waals surface area contributed by atoms with Crippen LogP contribution in [0.25, 0.3) is 38.9 Å². The van der Waals surface area contributed by atoms with E-state index in [4.69, 9.17) is 0 Å². The Kier molecular flexibility index (Phi) is 1.97. The van der Waals surface area contributed by atoms with Gasteiger partial charge >= 0.3 is 0 Å². The van der Waals surface area contributed by atoms with Gasteiger partial charge in [-0.3, -0.25) is 4.99 Å². The summed E-state index contributed by atoms with van der Waals surface area (Å²) in [7, 11) is 2.07. The number of aromatic amines is 1. The van der Waals surface area contributed by atoms with Gasteiger partial charge in [-0.25, -0.2) is 4.98 Å². The maximum atomic E-state index is 4.69. The Morgan fingerprint density at radius 1 is 1.19 bits per heavy atom. The summed E-state index contributed by atoms with van der Waals surface area (Å²) in [4.78, 5) is 12.8. The summed E-state index contributed by atoms with van der Waals surface area (Å²) in [6.07, 6.45) is 5.11. The van der Waals surface area contributed by atoms with Crippen molar-refractivity contribution in [3.05, 3.63) is 41.2 Å². The molecule has 0 atom stereocenters. The summed E-state index contributed by atoms with van der Waals surface area (Å²) in [5.41, 5.74) is 3.40. The molecule has 1 aliphatic heterocycles. The van der Waals surface area contributed by atoms with Crippen LogP contribution in [-0.2, 0) is 7.05 Å². The highest BCUT2D eigenvalue weighted by Gasteiger charge is 2.14. The fourth-order valence-electron chi connectivity index (χ4n) is 3.49. The van der Waals surface area contributed by atoms with Crippen LogP contribution in [0.4, 0.5) is 0 Å². The Morgan fingerprint density at radius 3 is 3.10 bits per heavy atom. The number of fused-ring (bicyclic) bond motifs is 7. The van der Waals surface area contributed by atoms with E-state index in [0.29, 0.717) is 0 Å². The first-order valence-corrected chi connectivity index (χ1v) is 7.23. The zero-order valence-corrected chi connectivity index (χ0v) is 11.7. The van der Waals surface area contributed by atoms with Crippen LogP contribution in [0.3, 0.4) is 0 Å². The van der Waals surface area contributed by atoms with Crippen LogP contribution in [0, 0.1) is 0 Å². The fraction of sp³-hybridized carbons (Fsp3) is 0.176. The Bertz CT molecular complexity index is 1140. The zero-order chi connectivity index (χ0) is 14.0. The van der Waals surface area contributed by atoms with E-state index in [1.54, 1.807) is 0 Å². The van der Waals surface area contributed by atoms with Gasteiger partial charge in [0, 0.05) is 35.9 Å². The molecular weight excluding hydrogens is 260 g/mol. The van der Waals surface area contributed by atoms with Gasteiger partial charge in [0.2, 0.25) is 0 Å². The van der Waals surface area contributed by atoms with E-state index < -0.39 is 0 Å². The molecule has 0 saturated carbocycles. The van der Waals surface area contributed by atoms with Crippen LogP contribution >= 0.6 is 0 Å². The van der Waals surface area contributed by atoms with Gasteiger partial charge < -0.3 is 9.55 Å². The maximum Gasteiger partial charge on any atom is 0.140 e. The number of nitrogens with zero attached hydrogens (tertiary/aromatic N) is 3. The molecule has 3 aromatic heterocycles. The predicted octanol–water partition coefficient (Wildman–Crippen LogP) is 2.01. The van der Waals surface area contributed by atoms with E-state index in [0.717, 1.165) is 29.3 Å². The molecule has 5 rings (SSSR count). The lowest BCUT2D eigenvalue weighted by atomic mass is 10.1. The Balaban J connectivity index is 2.16. The highest BCUT2D eigenvalue weighted by atomic mass is 15.0. The predicted molar refractivity (Wildman–Crippen MR) is 84.8 cm³/mol. The first kappa shape index (κ1) is 11.1. The molecule has 0 spiro atoms. The lowest BCUT2D eigenvalue weighted by molar-refractivity contribution is 0.960. The number of aryl methyl sites for hydroxylation is 1. The second kappa shape index (κ2) is 3.73. The normalized spacial score (nSPS) is 14.3. The maximum absolute atomic E-state index is 4.69. The van der Waals surface area contributed by atoms with Crippen molar-refractivity contribution < 1.29 is 0 Å². The molecule has 102 valence electrons. The monoisotopic (exact) mass is 274 g/mol. The summed E-state index contributed by atoms with van der Waals surface area (Å²) >= 11 is 0. The Labute approximate surface area is 120 Å². The molecule has 1 aliphatic rings. The fourth-order valence-corrected chi connectivity index (χ4v) is 3.49. The molecule has 0 radical (unpaired) electrons. The summed E-state index contributed by atoms with van der Waals surface area (Å²) in [5.74, 6) is 0. The summed E-state index contributed by atoms with van der Waals surface area (Å²) in [6.45, 7) is 0.884. The second-order valence-corrected chi connectivity index (χ2v) is 5.58. The summed E-state index contributed by atoms with van der Waals surface area (Å²) < 4.78 is 2.16. The standard InChI is InChI=1S/C17H14N4/c1-21-13-7-6-11-15-12(5-3-8-18-15)20-16(11)14(13)10-4-2-9-19-17(10)21/h2,4-7,9,20H,3,8H2,1H3. The van der Waals surface area contributed by atoms with E-state index in [9.17, 15) is 0 Å². The first-order chi connectivity index (χ1) is 10.3. The topological polar surface area (TPSA) is 46.0 Å². The summed E-state index contributed by atoms with van der Waals surface area (Å²) in [6, 6.07) is 8.50. The van der Waals surface area contributed by atoms with Gasteiger partial charge in [0.1, 0.15) is 5.65 Å². The van der Waals surface area contributed by atoms with Gasteiger partial charge in [0.05, 0.1) is 21.7 Å². The number of aromatic nitrogens is 3. The van der Waals surface area contributed by atoms with Crippen LogP contribution in [0.2, 0.25) is 0 Å². The minimum atomic E-state index is 0.884. The molecular formula is C17H14N4. The molecule has 4 nitrogen and oxygen atoms in total. The average molecular weight is 274 g/mol. The van der Waals surface area contributed by atoms with Gasteiger partial charge in [0.15, 0.2) is 0 Å². The van der Waals surface area contributed by atoms with Crippen molar-refractivity contribution in [2.45, 2.75) is 6.42 Å². The van der Waals surface area contributed by atoms with Crippen molar-refractivity contribution in [2.75, 3.05) is 6.54 Å². The van der Waals surface area contributed by atoms with E-state index in [-0.39, 0.29) is 0 Å². The van der Waals surface area contributed by atoms with E-state index in [2.05, 4.69) is 50.9 Å². The number of hydrogen-bond donors (Lipinski definition) is 1. The highest BCUT2D eigenvalue weighted by molar-refractivity contribution is 6.18. The lowest BCUT2D eigenvalue weighted by Crippen LogP contribution is -2.26. The van der Waals surface area contributed by atoms with Crippen LogP contribution in [0.5, 0.6) is 0 Å². The third kappa shape index (κ3) is 1.29. The van der Waals surface area contributed by atoms with Crippen LogP contribution in [0.15, 0.2) is 35.5 Å². The van der Waals surface area contributed by atoms with Crippen molar-refractivity contribution in [3.8, 4) is 0 Å². The number of hydrogen-bond acceptors (Lipinski definition) is 2. The minimum absolute atomic E-state index is 0.884. The molecule has 1 N–H and O–H groups in total. The lowest BCUT2D eigenvalue weighted by Gasteiger charge is -1.97. The average Bonchev–Trinajstić information content (AvgIpc) is 3.04. The third-order valence-corrected chi connectivity index (χ3v) is 4.44. The van der Waals surface area contributed by atoms with Crippen molar-refractivity contribution >= 4 is 38.9 Å². The largest absolute Gasteiger partial charge is 0.353 e. The van der Waals surface area contributed by atoms with Crippen LogP contribution in [0.1, 0.15) is 6.42 Å². The number of pyridine rings is 1. The highest BCUT2D eigenvalue weighted by Crippen LogP contribution is 2.30. The van der Waals surface area contributed by atoms with Crippen molar-refractivity contribution in [1.29, 1.82) is 0 Å². The van der Waals surface area contributed by atoms with Crippen molar-refractivity contribution in [3.63, 3.8) is 0 Å². The van der Waals surface area contributed by atoms with Gasteiger partial charge in [-0.15, -0.1) is 0 Å². The first-order valence-electron chi connectivity index (χ1n) is 7.23. The third-order valence-electron chi connectivity index (χ3n) is 4.44. The second-order valence-electron chi connectivity index (χ2n) is 5.58. The van der Waals surface area contributed by atoms with E-state index >= 15 is 0 Å². The van der Waals surface area contributed by atoms with Gasteiger partial charge in [-0.2, -0.15) is 0 Å². The molecule has 21 heavy (non-hydrogen) atoms. The quantitative estimate of drug-likeness (QED) is 0.524. The SMILES string of the molecule is Cn1c2ccc3c4c([nH]c3c2c2cccnc21)=CCCN=4. The molecule has 0 fully saturated rings. The molecule has 4 heteroatoms. The Morgan fingerprint density at radius 2 is 2.14 bits per heavy atom. The van der Waals surface area contributed by atoms with Crippen molar-refractivity contribution in [1.82, 2.24) is 14.5 Å². The summed E-state index contributed by atoms with van der Waals surface area (Å²) in [5, 5.41) is 5.92. The molecule has 0 amide bonds. The number of benzene rings is 1. The minimum Gasteiger partial charge on any atom is -0.353 e. The van der Waals surface area contributed by atoms with Gasteiger partial charge in [-0.05, 0) is 30.7 Å².